The van der Waals surface area contributed by atoms with Gasteiger partial charge in [-0.15, -0.1) is 0 Å². The molecule has 0 fully saturated rings. The second-order valence-electron chi connectivity index (χ2n) is 4.84. The van der Waals surface area contributed by atoms with Gasteiger partial charge >= 0.3 is 12.1 Å². The van der Waals surface area contributed by atoms with Gasteiger partial charge in [0.05, 0.1) is 13.0 Å². The Morgan fingerprint density at radius 2 is 1.74 bits per heavy atom. The Morgan fingerprint density at radius 1 is 1.26 bits per heavy atom. The summed E-state index contributed by atoms with van der Waals surface area (Å²) >= 11 is 8.52. The van der Waals surface area contributed by atoms with Gasteiger partial charge in [-0.2, -0.15) is 13.2 Å². The summed E-state index contributed by atoms with van der Waals surface area (Å²) < 4.78 is 40.9. The maximum atomic E-state index is 12.8. The Bertz CT molecular complexity index is 317. The number of hydrogen-bond acceptors (Lipinski definition) is 2. The lowest BCUT2D eigenvalue weighted by molar-refractivity contribution is -0.145. The molecule has 0 heterocycles. The van der Waals surface area contributed by atoms with E-state index in [9.17, 15) is 18.0 Å². The van der Waals surface area contributed by atoms with E-state index in [0.29, 0.717) is 0 Å². The number of halogens is 6. The lowest BCUT2D eigenvalue weighted by atomic mass is 9.83. The lowest BCUT2D eigenvalue weighted by Gasteiger charge is -2.34. The molecule has 19 heavy (non-hydrogen) atoms. The van der Waals surface area contributed by atoms with Gasteiger partial charge in [0.2, 0.25) is 0 Å². The Hall–Kier alpha value is 0.700. The monoisotopic (exact) mass is 474 g/mol. The molecule has 0 bridgehead atoms. The molecule has 0 aromatic rings. The smallest absolute Gasteiger partial charge is 0.413 e. The van der Waals surface area contributed by atoms with Crippen LogP contribution in [0.25, 0.3) is 0 Å². The van der Waals surface area contributed by atoms with Crippen LogP contribution in [-0.2, 0) is 9.53 Å². The molecule has 0 aromatic carbocycles. The average Bonchev–Trinajstić information content (AvgIpc) is 2.14. The van der Waals surface area contributed by atoms with Crippen LogP contribution in [0.1, 0.15) is 33.6 Å². The molecule has 0 rings (SSSR count). The molecule has 114 valence electrons. The molecule has 0 N–H and O–H groups in total. The number of ether oxygens (including phenoxy) is 1. The summed E-state index contributed by atoms with van der Waals surface area (Å²) in [6.07, 6.45) is -4.65. The number of esters is 1. The zero-order valence-electron chi connectivity index (χ0n) is 10.8. The van der Waals surface area contributed by atoms with Crippen molar-refractivity contribution in [3.05, 3.63) is 0 Å². The molecule has 0 amide bonds. The lowest BCUT2D eigenvalue weighted by Crippen LogP contribution is -2.39. The van der Waals surface area contributed by atoms with Crippen LogP contribution in [-0.4, -0.2) is 26.8 Å². The molecular formula is C11H16Br3F3O2. The fraction of sp³-hybridized carbons (Fsp3) is 0.909. The van der Waals surface area contributed by atoms with Crippen molar-refractivity contribution in [2.75, 3.05) is 6.61 Å². The van der Waals surface area contributed by atoms with Gasteiger partial charge in [-0.1, -0.05) is 61.6 Å². The summed E-state index contributed by atoms with van der Waals surface area (Å²) in [4.78, 5) is 10.9. The molecule has 0 spiro atoms. The topological polar surface area (TPSA) is 26.3 Å². The van der Waals surface area contributed by atoms with Crippen molar-refractivity contribution < 1.29 is 22.7 Å². The molecular weight excluding hydrogens is 461 g/mol. The van der Waals surface area contributed by atoms with Crippen molar-refractivity contribution in [3.8, 4) is 0 Å². The van der Waals surface area contributed by atoms with Crippen LogP contribution in [0.2, 0.25) is 0 Å². The number of rotatable bonds is 6. The highest BCUT2D eigenvalue weighted by atomic mass is 79.9. The second-order valence-corrected chi connectivity index (χ2v) is 9.72. The fourth-order valence-corrected chi connectivity index (χ4v) is 3.48. The second kappa shape index (κ2) is 7.11. The first kappa shape index (κ1) is 19.7. The van der Waals surface area contributed by atoms with Crippen LogP contribution in [0, 0.1) is 5.41 Å². The molecule has 1 atom stereocenters. The van der Waals surface area contributed by atoms with Crippen molar-refractivity contribution in [2.24, 2.45) is 5.41 Å². The Balaban J connectivity index is 4.72. The highest BCUT2D eigenvalue weighted by molar-refractivity contribution is 9.25. The standard InChI is InChI=1S/C11H16Br3F3O2/c1-4-19-8(18)6-9(2,3)7(12)5-10(13,14)11(15,16)17/h7H,4-6H2,1-3H3. The third-order valence-corrected chi connectivity index (χ3v) is 5.71. The highest BCUT2D eigenvalue weighted by Gasteiger charge is 2.53. The summed E-state index contributed by atoms with van der Waals surface area (Å²) in [5, 5.41) is 0. The number of alkyl halides is 6. The molecule has 2 nitrogen and oxygen atoms in total. The normalized spacial score (nSPS) is 15.2. The van der Waals surface area contributed by atoms with Crippen molar-refractivity contribution in [1.29, 1.82) is 0 Å². The summed E-state index contributed by atoms with van der Waals surface area (Å²) in [7, 11) is 0. The maximum Gasteiger partial charge on any atom is 0.413 e. The summed E-state index contributed by atoms with van der Waals surface area (Å²) in [5.41, 5.74) is -0.662. The van der Waals surface area contributed by atoms with Gasteiger partial charge in [-0.3, -0.25) is 4.79 Å². The summed E-state index contributed by atoms with van der Waals surface area (Å²) in [5.74, 6) is -0.418. The zero-order valence-corrected chi connectivity index (χ0v) is 15.5. The van der Waals surface area contributed by atoms with Crippen molar-refractivity contribution >= 4 is 53.8 Å². The predicted octanol–water partition coefficient (Wildman–Crippen LogP) is 5.17. The first-order valence-electron chi connectivity index (χ1n) is 5.57. The minimum Gasteiger partial charge on any atom is -0.466 e. The van der Waals surface area contributed by atoms with Gasteiger partial charge in [0.25, 0.3) is 0 Å². The van der Waals surface area contributed by atoms with Gasteiger partial charge in [0, 0.05) is 4.83 Å². The Labute approximate surface area is 136 Å². The molecule has 0 aromatic heterocycles. The number of carbonyl (C=O) groups excluding carboxylic acids is 1. The van der Waals surface area contributed by atoms with E-state index < -0.39 is 25.6 Å². The van der Waals surface area contributed by atoms with Gasteiger partial charge in [0.15, 0.2) is 3.23 Å². The van der Waals surface area contributed by atoms with E-state index in [4.69, 9.17) is 4.74 Å². The van der Waals surface area contributed by atoms with E-state index in [1.54, 1.807) is 20.8 Å². The van der Waals surface area contributed by atoms with Gasteiger partial charge < -0.3 is 4.74 Å². The third kappa shape index (κ3) is 6.33. The van der Waals surface area contributed by atoms with Crippen LogP contribution in [0.4, 0.5) is 13.2 Å². The van der Waals surface area contributed by atoms with Crippen molar-refractivity contribution in [3.63, 3.8) is 0 Å². The Morgan fingerprint density at radius 3 is 2.11 bits per heavy atom. The molecule has 0 aliphatic rings. The van der Waals surface area contributed by atoms with Gasteiger partial charge in [-0.05, 0) is 18.8 Å². The van der Waals surface area contributed by atoms with Crippen LogP contribution < -0.4 is 0 Å². The van der Waals surface area contributed by atoms with Gasteiger partial charge in [0.1, 0.15) is 0 Å². The summed E-state index contributed by atoms with van der Waals surface area (Å²) in [6.45, 7) is 5.37. The minimum absolute atomic E-state index is 0.0463. The minimum atomic E-state index is -4.43. The molecule has 8 heteroatoms. The Kier molecular flexibility index (Phi) is 7.37. The van der Waals surface area contributed by atoms with Crippen LogP contribution in [0.5, 0.6) is 0 Å². The van der Waals surface area contributed by atoms with E-state index >= 15 is 0 Å². The first-order chi connectivity index (χ1) is 8.33. The molecule has 0 aliphatic carbocycles. The van der Waals surface area contributed by atoms with Crippen molar-refractivity contribution in [2.45, 2.75) is 47.8 Å². The van der Waals surface area contributed by atoms with Crippen LogP contribution in [0.15, 0.2) is 0 Å². The molecule has 0 aliphatic heterocycles. The molecule has 1 unspecified atom stereocenters. The zero-order chi connectivity index (χ0) is 15.5. The highest BCUT2D eigenvalue weighted by Crippen LogP contribution is 2.50. The van der Waals surface area contributed by atoms with Crippen molar-refractivity contribution in [1.82, 2.24) is 0 Å². The van der Waals surface area contributed by atoms with Gasteiger partial charge in [-0.25, -0.2) is 0 Å². The number of carbonyl (C=O) groups is 1. The van der Waals surface area contributed by atoms with E-state index in [1.807, 2.05) is 0 Å². The van der Waals surface area contributed by atoms with Crippen LogP contribution in [0.3, 0.4) is 0 Å². The van der Waals surface area contributed by atoms with E-state index in [2.05, 4.69) is 47.8 Å². The molecule has 0 radical (unpaired) electrons. The largest absolute Gasteiger partial charge is 0.466 e. The molecule has 0 saturated heterocycles. The SMILES string of the molecule is CCOC(=O)CC(C)(C)C(Br)CC(Br)(Br)C(F)(F)F. The number of hydrogen-bond donors (Lipinski definition) is 0. The fourth-order valence-electron chi connectivity index (χ4n) is 1.31. The van der Waals surface area contributed by atoms with E-state index in [-0.39, 0.29) is 19.4 Å². The summed E-state index contributed by atoms with van der Waals surface area (Å²) in [6, 6.07) is 0. The predicted molar refractivity (Wildman–Crippen MR) is 79.0 cm³/mol. The average molecular weight is 477 g/mol. The molecule has 0 saturated carbocycles. The van der Waals surface area contributed by atoms with E-state index in [0.717, 1.165) is 0 Å². The first-order valence-corrected chi connectivity index (χ1v) is 8.08. The van der Waals surface area contributed by atoms with Crippen LogP contribution >= 0.6 is 47.8 Å². The third-order valence-electron chi connectivity index (χ3n) is 2.60. The van der Waals surface area contributed by atoms with E-state index in [1.165, 1.54) is 0 Å². The maximum absolute atomic E-state index is 12.8. The quantitative estimate of drug-likeness (QED) is 0.390.